The van der Waals surface area contributed by atoms with Crippen LogP contribution in [0.15, 0.2) is 47.1 Å². The maximum absolute atomic E-state index is 3.24. The summed E-state index contributed by atoms with van der Waals surface area (Å²) < 4.78 is 0. The van der Waals surface area contributed by atoms with Crippen LogP contribution in [0, 0.1) is 17.8 Å². The predicted molar refractivity (Wildman–Crippen MR) is 65.2 cm³/mol. The molecule has 0 fully saturated rings. The fraction of sp³-hybridized carbons (Fsp3) is 0.333. The Labute approximate surface area is 92.1 Å². The van der Waals surface area contributed by atoms with Crippen LogP contribution in [-0.4, -0.2) is 0 Å². The molecule has 0 radical (unpaired) electrons. The number of hydrogen-bond acceptors (Lipinski definition) is 0. The maximum atomic E-state index is 3.24. The van der Waals surface area contributed by atoms with Crippen molar-refractivity contribution < 1.29 is 0 Å². The lowest BCUT2D eigenvalue weighted by atomic mass is 9.87. The van der Waals surface area contributed by atoms with Gasteiger partial charge in [-0.25, -0.2) is 0 Å². The van der Waals surface area contributed by atoms with E-state index in [4.69, 9.17) is 0 Å². The molecule has 0 saturated heterocycles. The van der Waals surface area contributed by atoms with Crippen molar-refractivity contribution in [1.82, 2.24) is 0 Å². The fourth-order valence-electron chi connectivity index (χ4n) is 2.13. The quantitative estimate of drug-likeness (QED) is 0.560. The van der Waals surface area contributed by atoms with Gasteiger partial charge in [-0.1, -0.05) is 36.1 Å². The monoisotopic (exact) mass is 196 g/mol. The van der Waals surface area contributed by atoms with Gasteiger partial charge in [0.1, 0.15) is 0 Å². The van der Waals surface area contributed by atoms with Crippen molar-refractivity contribution in [2.45, 2.75) is 26.7 Å². The molecule has 2 aliphatic carbocycles. The van der Waals surface area contributed by atoms with Crippen LogP contribution in [0.5, 0.6) is 0 Å². The average Bonchev–Trinajstić information content (AvgIpc) is 2.40. The highest BCUT2D eigenvalue weighted by molar-refractivity contribution is 5.43. The van der Waals surface area contributed by atoms with Crippen molar-refractivity contribution in [2.75, 3.05) is 0 Å². The lowest BCUT2D eigenvalue weighted by Crippen LogP contribution is -2.03. The second-order valence-corrected chi connectivity index (χ2v) is 4.17. The van der Waals surface area contributed by atoms with Crippen LogP contribution in [0.3, 0.4) is 0 Å². The van der Waals surface area contributed by atoms with Gasteiger partial charge in [0.25, 0.3) is 0 Å². The molecule has 0 spiro atoms. The highest BCUT2D eigenvalue weighted by Crippen LogP contribution is 2.28. The van der Waals surface area contributed by atoms with E-state index in [1.165, 1.54) is 16.7 Å². The van der Waals surface area contributed by atoms with Crippen molar-refractivity contribution in [3.63, 3.8) is 0 Å². The van der Waals surface area contributed by atoms with Crippen LogP contribution in [-0.2, 0) is 0 Å². The van der Waals surface area contributed by atoms with Crippen molar-refractivity contribution >= 4 is 0 Å². The topological polar surface area (TPSA) is 0 Å². The van der Waals surface area contributed by atoms with E-state index in [2.05, 4.69) is 56.1 Å². The Morgan fingerprint density at radius 3 is 2.87 bits per heavy atom. The first-order valence-electron chi connectivity index (χ1n) is 5.47. The molecule has 0 aromatic heterocycles. The molecule has 0 nitrogen and oxygen atoms in total. The Kier molecular flexibility index (Phi) is 2.92. The van der Waals surface area contributed by atoms with E-state index in [-0.39, 0.29) is 0 Å². The Morgan fingerprint density at radius 1 is 1.27 bits per heavy atom. The number of rotatable bonds is 1. The van der Waals surface area contributed by atoms with Gasteiger partial charge in [0.2, 0.25) is 0 Å². The molecule has 0 saturated carbocycles. The smallest absolute Gasteiger partial charge is 0.0314 e. The molecule has 76 valence electrons. The summed E-state index contributed by atoms with van der Waals surface area (Å²) >= 11 is 0. The van der Waals surface area contributed by atoms with Gasteiger partial charge in [-0.15, -0.1) is 0 Å². The van der Waals surface area contributed by atoms with E-state index in [1.807, 2.05) is 0 Å². The number of allylic oxidation sites excluding steroid dienone is 8. The van der Waals surface area contributed by atoms with Gasteiger partial charge in [-0.05, 0) is 43.1 Å². The van der Waals surface area contributed by atoms with Crippen LogP contribution < -0.4 is 0 Å². The van der Waals surface area contributed by atoms with E-state index in [0.29, 0.717) is 5.92 Å². The Hall–Kier alpha value is -1.48. The van der Waals surface area contributed by atoms with E-state index < -0.39 is 0 Å². The van der Waals surface area contributed by atoms with Crippen LogP contribution in [0.2, 0.25) is 0 Å². The van der Waals surface area contributed by atoms with Gasteiger partial charge in [-0.3, -0.25) is 0 Å². The zero-order valence-electron chi connectivity index (χ0n) is 9.38. The first-order valence-corrected chi connectivity index (χ1v) is 5.47. The lowest BCUT2D eigenvalue weighted by Gasteiger charge is -2.17. The summed E-state index contributed by atoms with van der Waals surface area (Å²) in [5, 5.41) is 0. The van der Waals surface area contributed by atoms with Crippen LogP contribution in [0.1, 0.15) is 26.7 Å². The van der Waals surface area contributed by atoms with Crippen LogP contribution >= 0.6 is 0 Å². The van der Waals surface area contributed by atoms with Gasteiger partial charge in [0.05, 0.1) is 0 Å². The van der Waals surface area contributed by atoms with Gasteiger partial charge < -0.3 is 0 Å². The second-order valence-electron chi connectivity index (χ2n) is 4.17. The summed E-state index contributed by atoms with van der Waals surface area (Å²) in [4.78, 5) is 0. The zero-order valence-corrected chi connectivity index (χ0v) is 9.38. The van der Waals surface area contributed by atoms with Crippen LogP contribution in [0.4, 0.5) is 0 Å². The predicted octanol–water partition coefficient (Wildman–Crippen LogP) is 3.79. The summed E-state index contributed by atoms with van der Waals surface area (Å²) in [5.74, 6) is 6.97. The summed E-state index contributed by atoms with van der Waals surface area (Å²) in [7, 11) is 0. The van der Waals surface area contributed by atoms with E-state index >= 15 is 0 Å². The molecule has 0 heterocycles. The molecule has 0 N–H and O–H groups in total. The minimum atomic E-state index is 0.562. The molecule has 1 atom stereocenters. The van der Waals surface area contributed by atoms with Crippen LogP contribution in [0.25, 0.3) is 0 Å². The van der Waals surface area contributed by atoms with Crippen molar-refractivity contribution in [2.24, 2.45) is 5.92 Å². The molecule has 1 unspecified atom stereocenters. The van der Waals surface area contributed by atoms with E-state index in [9.17, 15) is 0 Å². The van der Waals surface area contributed by atoms with Gasteiger partial charge in [0, 0.05) is 12.3 Å². The molecule has 0 aliphatic heterocycles. The highest BCUT2D eigenvalue weighted by Gasteiger charge is 2.13. The minimum absolute atomic E-state index is 0.562. The fourth-order valence-corrected chi connectivity index (χ4v) is 2.13. The SMILES string of the molecule is CC1=CC(C)=C(C2C=CC=CC2)CC#C1. The lowest BCUT2D eigenvalue weighted by molar-refractivity contribution is 0.742. The molecule has 15 heavy (non-hydrogen) atoms. The molecule has 0 aromatic rings. The summed E-state index contributed by atoms with van der Waals surface area (Å²) in [6.45, 7) is 4.27. The van der Waals surface area contributed by atoms with Crippen molar-refractivity contribution in [3.05, 3.63) is 47.1 Å². The zero-order chi connectivity index (χ0) is 10.7. The number of hydrogen-bond donors (Lipinski definition) is 0. The molecular weight excluding hydrogens is 180 g/mol. The van der Waals surface area contributed by atoms with E-state index in [0.717, 1.165) is 12.8 Å². The molecular formula is C15H16. The van der Waals surface area contributed by atoms with Gasteiger partial charge in [0.15, 0.2) is 0 Å². The van der Waals surface area contributed by atoms with Crippen molar-refractivity contribution in [3.8, 4) is 11.8 Å². The highest BCUT2D eigenvalue weighted by atomic mass is 14.2. The summed E-state index contributed by atoms with van der Waals surface area (Å²) in [5.41, 5.74) is 4.05. The third-order valence-electron chi connectivity index (χ3n) is 2.93. The largest absolute Gasteiger partial charge is 0.0938 e. The normalized spacial score (nSPS) is 24.4. The first kappa shape index (κ1) is 10.1. The third kappa shape index (κ3) is 2.30. The average molecular weight is 196 g/mol. The summed E-state index contributed by atoms with van der Waals surface area (Å²) in [6, 6.07) is 0. The molecule has 2 rings (SSSR count). The minimum Gasteiger partial charge on any atom is -0.0938 e. The Morgan fingerprint density at radius 2 is 2.13 bits per heavy atom. The van der Waals surface area contributed by atoms with Gasteiger partial charge >= 0.3 is 0 Å². The standard InChI is InChI=1S/C15H16/c1-12-7-6-10-15(13(2)11-12)14-8-4-3-5-9-14/h3-5,8,11,14H,9-10H2,1-2H3. The molecule has 0 aromatic carbocycles. The van der Waals surface area contributed by atoms with E-state index in [1.54, 1.807) is 0 Å². The first-order chi connectivity index (χ1) is 7.27. The summed E-state index contributed by atoms with van der Waals surface area (Å²) in [6.07, 6.45) is 13.0. The van der Waals surface area contributed by atoms with Gasteiger partial charge in [-0.2, -0.15) is 0 Å². The molecule has 2 aliphatic rings. The maximum Gasteiger partial charge on any atom is 0.0314 e. The Bertz CT molecular complexity index is 430. The second kappa shape index (κ2) is 4.36. The molecule has 0 amide bonds. The Balaban J connectivity index is 2.29. The molecule has 0 heteroatoms. The van der Waals surface area contributed by atoms with Crippen molar-refractivity contribution in [1.29, 1.82) is 0 Å². The third-order valence-corrected chi connectivity index (χ3v) is 2.93. The molecule has 0 bridgehead atoms.